The zero-order valence-corrected chi connectivity index (χ0v) is 9.21. The Hall–Kier alpha value is 0.160. The van der Waals surface area contributed by atoms with E-state index in [1.165, 1.54) is 0 Å². The molecular weight excluding hydrogens is 257 g/mol. The zero-order chi connectivity index (χ0) is 9.07. The maximum atomic E-state index is 10.8. The molecule has 0 aliphatic heterocycles. The number of hydrogen-bond acceptors (Lipinski definition) is 3. The van der Waals surface area contributed by atoms with Crippen LogP contribution in [0.5, 0.6) is 0 Å². The van der Waals surface area contributed by atoms with E-state index in [2.05, 4.69) is 3.07 Å². The first-order valence-corrected chi connectivity index (χ1v) is 4.33. The van der Waals surface area contributed by atoms with Gasteiger partial charge in [0.25, 0.3) is 0 Å². The Balaban J connectivity index is 3.87. The zero-order valence-electron chi connectivity index (χ0n) is 7.06. The highest BCUT2D eigenvalue weighted by atomic mass is 127. The minimum absolute atomic E-state index is 0.0737. The molecule has 1 unspecified atom stereocenters. The molecule has 0 heterocycles. The van der Waals surface area contributed by atoms with E-state index in [-0.39, 0.29) is 11.4 Å². The van der Waals surface area contributed by atoms with Crippen molar-refractivity contribution in [1.82, 2.24) is 0 Å². The standard InChI is InChI=1S/C7H14INO2/c1-7(2,3)4-5(9)6(10)11-8/h5H,4,9H2,1-3H3. The Labute approximate surface area is 81.4 Å². The van der Waals surface area contributed by atoms with Gasteiger partial charge in [-0.05, 0) is 11.8 Å². The van der Waals surface area contributed by atoms with Gasteiger partial charge in [-0.25, -0.2) is 4.79 Å². The van der Waals surface area contributed by atoms with Crippen LogP contribution in [0.1, 0.15) is 27.2 Å². The van der Waals surface area contributed by atoms with Gasteiger partial charge in [-0.15, -0.1) is 0 Å². The van der Waals surface area contributed by atoms with Crippen molar-refractivity contribution in [2.24, 2.45) is 11.1 Å². The summed E-state index contributed by atoms with van der Waals surface area (Å²) in [4.78, 5) is 10.8. The minimum atomic E-state index is -0.494. The number of nitrogens with two attached hydrogens (primary N) is 1. The molecule has 0 aliphatic rings. The Kier molecular flexibility index (Phi) is 4.31. The number of carbonyl (C=O) groups is 1. The molecule has 2 N–H and O–H groups in total. The van der Waals surface area contributed by atoms with Crippen LogP contribution in [-0.2, 0) is 7.86 Å². The summed E-state index contributed by atoms with van der Waals surface area (Å²) in [7, 11) is 0. The second-order valence-electron chi connectivity index (χ2n) is 3.77. The van der Waals surface area contributed by atoms with Crippen molar-refractivity contribution in [2.75, 3.05) is 0 Å². The minimum Gasteiger partial charge on any atom is -0.393 e. The van der Waals surface area contributed by atoms with Gasteiger partial charge in [-0.3, -0.25) is 0 Å². The van der Waals surface area contributed by atoms with Gasteiger partial charge in [-0.1, -0.05) is 20.8 Å². The number of halogens is 1. The quantitative estimate of drug-likeness (QED) is 0.777. The molecule has 11 heavy (non-hydrogen) atoms. The Morgan fingerprint density at radius 2 is 2.09 bits per heavy atom. The predicted molar refractivity (Wildman–Crippen MR) is 52.2 cm³/mol. The molecule has 0 bridgehead atoms. The third-order valence-electron chi connectivity index (χ3n) is 1.21. The second kappa shape index (κ2) is 4.25. The van der Waals surface area contributed by atoms with Crippen LogP contribution in [-0.4, -0.2) is 12.0 Å². The summed E-state index contributed by atoms with van der Waals surface area (Å²) in [5.74, 6) is -0.347. The van der Waals surface area contributed by atoms with E-state index < -0.39 is 6.04 Å². The average Bonchev–Trinajstić information content (AvgIpc) is 1.82. The van der Waals surface area contributed by atoms with Gasteiger partial charge in [0.05, 0.1) is 0 Å². The van der Waals surface area contributed by atoms with Crippen LogP contribution in [0.2, 0.25) is 0 Å². The van der Waals surface area contributed by atoms with Gasteiger partial charge < -0.3 is 8.80 Å². The molecule has 3 nitrogen and oxygen atoms in total. The molecule has 0 rings (SSSR count). The molecule has 0 aromatic heterocycles. The Bertz CT molecular complexity index is 142. The molecule has 1 atom stereocenters. The lowest BCUT2D eigenvalue weighted by molar-refractivity contribution is -0.133. The highest BCUT2D eigenvalue weighted by molar-refractivity contribution is 14.1. The molecule has 0 saturated heterocycles. The molecule has 0 spiro atoms. The lowest BCUT2D eigenvalue weighted by atomic mass is 9.88. The monoisotopic (exact) mass is 271 g/mol. The van der Waals surface area contributed by atoms with E-state index >= 15 is 0 Å². The van der Waals surface area contributed by atoms with Crippen LogP contribution < -0.4 is 5.73 Å². The van der Waals surface area contributed by atoms with Gasteiger partial charge in [0.1, 0.15) is 6.04 Å². The molecule has 0 aromatic rings. The van der Waals surface area contributed by atoms with E-state index in [0.29, 0.717) is 6.42 Å². The van der Waals surface area contributed by atoms with Crippen LogP contribution in [0.25, 0.3) is 0 Å². The summed E-state index contributed by atoms with van der Waals surface area (Å²) < 4.78 is 4.46. The van der Waals surface area contributed by atoms with E-state index in [1.54, 1.807) is 23.0 Å². The predicted octanol–water partition coefficient (Wildman–Crippen LogP) is 1.64. The number of carbonyl (C=O) groups excluding carboxylic acids is 1. The average molecular weight is 271 g/mol. The largest absolute Gasteiger partial charge is 0.393 e. The molecule has 4 heteroatoms. The van der Waals surface area contributed by atoms with Crippen molar-refractivity contribution < 1.29 is 7.86 Å². The van der Waals surface area contributed by atoms with Crippen molar-refractivity contribution in [2.45, 2.75) is 33.2 Å². The highest BCUT2D eigenvalue weighted by Crippen LogP contribution is 2.20. The molecule has 0 saturated carbocycles. The Morgan fingerprint density at radius 3 is 2.36 bits per heavy atom. The third kappa shape index (κ3) is 5.43. The van der Waals surface area contributed by atoms with Crippen LogP contribution >= 0.6 is 23.0 Å². The summed E-state index contributed by atoms with van der Waals surface area (Å²) in [6.07, 6.45) is 0.648. The van der Waals surface area contributed by atoms with Crippen LogP contribution in [0.15, 0.2) is 0 Å². The van der Waals surface area contributed by atoms with Crippen LogP contribution in [0.3, 0.4) is 0 Å². The van der Waals surface area contributed by atoms with Gasteiger partial charge in [0.2, 0.25) is 0 Å². The smallest absolute Gasteiger partial charge is 0.332 e. The third-order valence-corrected chi connectivity index (χ3v) is 1.65. The maximum Gasteiger partial charge on any atom is 0.332 e. The molecule has 0 aromatic carbocycles. The molecular formula is C7H14INO2. The summed E-state index contributed by atoms with van der Waals surface area (Å²) in [5.41, 5.74) is 5.61. The second-order valence-corrected chi connectivity index (χ2v) is 4.21. The number of rotatable bonds is 2. The fourth-order valence-electron chi connectivity index (χ4n) is 0.800. The normalized spacial score (nSPS) is 14.3. The van der Waals surface area contributed by atoms with E-state index in [9.17, 15) is 4.79 Å². The van der Waals surface area contributed by atoms with E-state index in [1.807, 2.05) is 20.8 Å². The van der Waals surface area contributed by atoms with E-state index in [4.69, 9.17) is 5.73 Å². The maximum absolute atomic E-state index is 10.8. The fraction of sp³-hybridized carbons (Fsp3) is 0.857. The SMILES string of the molecule is CC(C)(C)CC(N)C(=O)OI. The highest BCUT2D eigenvalue weighted by Gasteiger charge is 2.21. The lowest BCUT2D eigenvalue weighted by Crippen LogP contribution is -2.34. The van der Waals surface area contributed by atoms with Crippen molar-refractivity contribution in [3.05, 3.63) is 0 Å². The summed E-state index contributed by atoms with van der Waals surface area (Å²) >= 11 is 1.55. The first kappa shape index (κ1) is 11.2. The van der Waals surface area contributed by atoms with Gasteiger partial charge in [0, 0.05) is 0 Å². The summed E-state index contributed by atoms with van der Waals surface area (Å²) in [5, 5.41) is 0. The first-order chi connectivity index (χ1) is 4.87. The molecule has 66 valence electrons. The van der Waals surface area contributed by atoms with E-state index in [0.717, 1.165) is 0 Å². The van der Waals surface area contributed by atoms with Crippen molar-refractivity contribution >= 4 is 29.0 Å². The van der Waals surface area contributed by atoms with Crippen LogP contribution in [0, 0.1) is 5.41 Å². The van der Waals surface area contributed by atoms with Crippen molar-refractivity contribution in [3.8, 4) is 0 Å². The fourth-order valence-corrected chi connectivity index (χ4v) is 1.13. The molecule has 0 fully saturated rings. The summed E-state index contributed by atoms with van der Waals surface area (Å²) in [6.45, 7) is 6.11. The first-order valence-electron chi connectivity index (χ1n) is 3.45. The molecule has 0 amide bonds. The van der Waals surface area contributed by atoms with Gasteiger partial charge >= 0.3 is 5.97 Å². The number of hydrogen-bond donors (Lipinski definition) is 1. The molecule has 0 aliphatic carbocycles. The van der Waals surface area contributed by atoms with Gasteiger partial charge in [-0.2, -0.15) is 0 Å². The van der Waals surface area contributed by atoms with Crippen LogP contribution in [0.4, 0.5) is 0 Å². The lowest BCUT2D eigenvalue weighted by Gasteiger charge is -2.20. The Morgan fingerprint density at radius 1 is 1.64 bits per heavy atom. The van der Waals surface area contributed by atoms with Crippen molar-refractivity contribution in [1.29, 1.82) is 0 Å². The summed E-state index contributed by atoms with van der Waals surface area (Å²) in [6, 6.07) is -0.494. The molecule has 0 radical (unpaired) electrons. The van der Waals surface area contributed by atoms with Crippen molar-refractivity contribution in [3.63, 3.8) is 0 Å². The van der Waals surface area contributed by atoms with Gasteiger partial charge in [0.15, 0.2) is 23.0 Å². The topological polar surface area (TPSA) is 52.3 Å².